The van der Waals surface area contributed by atoms with Crippen molar-refractivity contribution in [2.24, 2.45) is 0 Å². The molecule has 2 aliphatic rings. The molecule has 6 heteroatoms. The fourth-order valence-electron chi connectivity index (χ4n) is 3.53. The number of nitrogens with zero attached hydrogens (tertiary/aromatic N) is 1. The number of amides is 2. The number of hydrogen-bond acceptors (Lipinski definition) is 4. The van der Waals surface area contributed by atoms with E-state index in [1.165, 1.54) is 0 Å². The molecule has 2 aliphatic heterocycles. The molecule has 2 fully saturated rings. The van der Waals surface area contributed by atoms with Crippen LogP contribution in [0.25, 0.3) is 0 Å². The van der Waals surface area contributed by atoms with E-state index < -0.39 is 0 Å². The standard InChI is InChI=1S/C19H28N2O4/c1-14(12-25-15-9-11-24-13-15)20-19(22)21-10-5-7-17(21)16-6-3-4-8-18(16)23-2/h3-4,6,8,14-15,17H,5,7,9-13H2,1-2H3,(H,20,22). The van der Waals surface area contributed by atoms with E-state index >= 15 is 0 Å². The number of carbonyl (C=O) groups is 1. The molecule has 0 aliphatic carbocycles. The molecule has 0 saturated carbocycles. The van der Waals surface area contributed by atoms with E-state index in [1.807, 2.05) is 36.1 Å². The number of carbonyl (C=O) groups excluding carboxylic acids is 1. The lowest BCUT2D eigenvalue weighted by molar-refractivity contribution is 0.0329. The Balaban J connectivity index is 1.56. The molecule has 2 saturated heterocycles. The summed E-state index contributed by atoms with van der Waals surface area (Å²) in [5.41, 5.74) is 1.07. The lowest BCUT2D eigenvalue weighted by atomic mass is 10.0. The lowest BCUT2D eigenvalue weighted by Crippen LogP contribution is -2.45. The summed E-state index contributed by atoms with van der Waals surface area (Å²) in [6, 6.07) is 7.93. The highest BCUT2D eigenvalue weighted by Gasteiger charge is 2.32. The van der Waals surface area contributed by atoms with Crippen LogP contribution in [0.15, 0.2) is 24.3 Å². The van der Waals surface area contributed by atoms with Crippen LogP contribution in [0.1, 0.15) is 37.8 Å². The third-order valence-electron chi connectivity index (χ3n) is 4.85. The number of para-hydroxylation sites is 1. The van der Waals surface area contributed by atoms with Crippen molar-refractivity contribution in [2.75, 3.05) is 33.5 Å². The third-order valence-corrected chi connectivity index (χ3v) is 4.85. The van der Waals surface area contributed by atoms with E-state index in [4.69, 9.17) is 14.2 Å². The average molecular weight is 348 g/mol. The molecule has 138 valence electrons. The summed E-state index contributed by atoms with van der Waals surface area (Å²) in [4.78, 5) is 14.6. The smallest absolute Gasteiger partial charge is 0.318 e. The first-order valence-electron chi connectivity index (χ1n) is 9.08. The van der Waals surface area contributed by atoms with E-state index in [0.717, 1.165) is 43.7 Å². The van der Waals surface area contributed by atoms with Crippen molar-refractivity contribution in [1.29, 1.82) is 0 Å². The Labute approximate surface area is 149 Å². The van der Waals surface area contributed by atoms with Gasteiger partial charge in [0.25, 0.3) is 0 Å². The number of methoxy groups -OCH3 is 1. The van der Waals surface area contributed by atoms with E-state index in [1.54, 1.807) is 7.11 Å². The minimum absolute atomic E-state index is 0.0350. The van der Waals surface area contributed by atoms with Gasteiger partial charge >= 0.3 is 6.03 Å². The number of urea groups is 1. The van der Waals surface area contributed by atoms with Gasteiger partial charge < -0.3 is 24.4 Å². The maximum absolute atomic E-state index is 12.7. The van der Waals surface area contributed by atoms with Crippen molar-refractivity contribution in [3.8, 4) is 5.75 Å². The number of benzene rings is 1. The van der Waals surface area contributed by atoms with Gasteiger partial charge in [0, 0.05) is 18.7 Å². The van der Waals surface area contributed by atoms with Gasteiger partial charge in [0.15, 0.2) is 0 Å². The minimum atomic E-state index is -0.0352. The first-order chi connectivity index (χ1) is 12.2. The molecule has 0 aromatic heterocycles. The molecule has 2 heterocycles. The van der Waals surface area contributed by atoms with Crippen molar-refractivity contribution in [3.63, 3.8) is 0 Å². The second kappa shape index (κ2) is 8.54. The van der Waals surface area contributed by atoms with Crippen LogP contribution in [-0.2, 0) is 9.47 Å². The zero-order valence-electron chi connectivity index (χ0n) is 15.1. The number of ether oxygens (including phenoxy) is 3. The molecule has 0 spiro atoms. The lowest BCUT2D eigenvalue weighted by Gasteiger charge is -2.28. The predicted octanol–water partition coefficient (Wildman–Crippen LogP) is 2.74. The highest BCUT2D eigenvalue weighted by Crippen LogP contribution is 2.36. The summed E-state index contributed by atoms with van der Waals surface area (Å²) >= 11 is 0. The van der Waals surface area contributed by atoms with Crippen molar-refractivity contribution >= 4 is 6.03 Å². The zero-order valence-corrected chi connectivity index (χ0v) is 15.1. The monoisotopic (exact) mass is 348 g/mol. The van der Waals surface area contributed by atoms with Crippen LogP contribution in [0.3, 0.4) is 0 Å². The first-order valence-corrected chi connectivity index (χ1v) is 9.08. The molecule has 3 atom stereocenters. The summed E-state index contributed by atoms with van der Waals surface area (Å²) in [7, 11) is 1.67. The van der Waals surface area contributed by atoms with Gasteiger partial charge in [-0.25, -0.2) is 4.79 Å². The summed E-state index contributed by atoms with van der Waals surface area (Å²) in [6.45, 7) is 4.66. The predicted molar refractivity (Wildman–Crippen MR) is 94.8 cm³/mol. The molecule has 1 N–H and O–H groups in total. The first kappa shape index (κ1) is 18.0. The minimum Gasteiger partial charge on any atom is -0.496 e. The molecule has 25 heavy (non-hydrogen) atoms. The van der Waals surface area contributed by atoms with Crippen molar-refractivity contribution < 1.29 is 19.0 Å². The molecular formula is C19H28N2O4. The fraction of sp³-hybridized carbons (Fsp3) is 0.632. The third kappa shape index (κ3) is 4.44. The highest BCUT2D eigenvalue weighted by molar-refractivity contribution is 5.75. The zero-order chi connectivity index (χ0) is 17.6. The van der Waals surface area contributed by atoms with Gasteiger partial charge in [-0.2, -0.15) is 0 Å². The second-order valence-electron chi connectivity index (χ2n) is 6.76. The number of hydrogen-bond donors (Lipinski definition) is 1. The van der Waals surface area contributed by atoms with E-state index in [9.17, 15) is 4.79 Å². The normalized spacial score (nSPS) is 24.3. The molecule has 1 aromatic rings. The number of rotatable bonds is 6. The largest absolute Gasteiger partial charge is 0.496 e. The van der Waals surface area contributed by atoms with Crippen LogP contribution < -0.4 is 10.1 Å². The van der Waals surface area contributed by atoms with E-state index in [0.29, 0.717) is 13.2 Å². The Kier molecular flexibility index (Phi) is 6.15. The summed E-state index contributed by atoms with van der Waals surface area (Å²) in [5.74, 6) is 0.838. The summed E-state index contributed by atoms with van der Waals surface area (Å²) < 4.78 is 16.6. The Hall–Kier alpha value is -1.79. The number of nitrogens with one attached hydrogen (secondary N) is 1. The SMILES string of the molecule is COc1ccccc1C1CCCN1C(=O)NC(C)COC1CCOC1. The van der Waals surface area contributed by atoms with Crippen LogP contribution in [-0.4, -0.2) is 56.6 Å². The fourth-order valence-corrected chi connectivity index (χ4v) is 3.53. The maximum Gasteiger partial charge on any atom is 0.318 e. The van der Waals surface area contributed by atoms with Crippen LogP contribution >= 0.6 is 0 Å². The Morgan fingerprint density at radius 3 is 3.00 bits per heavy atom. The summed E-state index contributed by atoms with van der Waals surface area (Å²) in [5, 5.41) is 3.06. The second-order valence-corrected chi connectivity index (χ2v) is 6.76. The molecule has 1 aromatic carbocycles. The Morgan fingerprint density at radius 1 is 1.40 bits per heavy atom. The Morgan fingerprint density at radius 2 is 2.24 bits per heavy atom. The quantitative estimate of drug-likeness (QED) is 0.859. The average Bonchev–Trinajstić information content (AvgIpc) is 3.31. The number of likely N-dealkylation sites (tertiary alicyclic amines) is 1. The molecule has 0 bridgehead atoms. The van der Waals surface area contributed by atoms with Gasteiger partial charge in [0.05, 0.1) is 38.5 Å². The van der Waals surface area contributed by atoms with Crippen molar-refractivity contribution in [1.82, 2.24) is 10.2 Å². The topological polar surface area (TPSA) is 60.0 Å². The van der Waals surface area contributed by atoms with E-state index in [2.05, 4.69) is 5.32 Å². The molecule has 2 amide bonds. The van der Waals surface area contributed by atoms with Gasteiger partial charge in [0.2, 0.25) is 0 Å². The molecule has 3 unspecified atom stereocenters. The molecule has 6 nitrogen and oxygen atoms in total. The van der Waals surface area contributed by atoms with Gasteiger partial charge in [0.1, 0.15) is 5.75 Å². The summed E-state index contributed by atoms with van der Waals surface area (Å²) in [6.07, 6.45) is 3.05. The van der Waals surface area contributed by atoms with Gasteiger partial charge in [-0.3, -0.25) is 0 Å². The molecular weight excluding hydrogens is 320 g/mol. The van der Waals surface area contributed by atoms with Crippen molar-refractivity contribution in [2.45, 2.75) is 44.4 Å². The maximum atomic E-state index is 12.7. The van der Waals surface area contributed by atoms with Crippen LogP contribution in [0.2, 0.25) is 0 Å². The molecule has 3 rings (SSSR count). The van der Waals surface area contributed by atoms with Crippen LogP contribution in [0, 0.1) is 0 Å². The Bertz CT molecular complexity index is 574. The van der Waals surface area contributed by atoms with Crippen LogP contribution in [0.4, 0.5) is 4.79 Å². The van der Waals surface area contributed by atoms with Gasteiger partial charge in [-0.05, 0) is 32.3 Å². The van der Waals surface area contributed by atoms with Crippen molar-refractivity contribution in [3.05, 3.63) is 29.8 Å². The van der Waals surface area contributed by atoms with E-state index in [-0.39, 0.29) is 24.2 Å². The van der Waals surface area contributed by atoms with Gasteiger partial charge in [-0.15, -0.1) is 0 Å². The van der Waals surface area contributed by atoms with Gasteiger partial charge in [-0.1, -0.05) is 18.2 Å². The molecule has 0 radical (unpaired) electrons. The van der Waals surface area contributed by atoms with Crippen LogP contribution in [0.5, 0.6) is 5.75 Å². The highest BCUT2D eigenvalue weighted by atomic mass is 16.5.